The van der Waals surface area contributed by atoms with Crippen LogP contribution >= 0.6 is 11.6 Å². The van der Waals surface area contributed by atoms with Crippen molar-refractivity contribution >= 4 is 17.6 Å². The highest BCUT2D eigenvalue weighted by molar-refractivity contribution is 6.30. The molecule has 0 aromatic carbocycles. The van der Waals surface area contributed by atoms with Crippen molar-refractivity contribution in [2.75, 3.05) is 0 Å². The molecule has 1 aromatic rings. The third-order valence-electron chi connectivity index (χ3n) is 2.56. The number of aromatic nitrogens is 2. The number of aryl methyl sites for hydroxylation is 2. The normalized spacial score (nSPS) is 12.8. The summed E-state index contributed by atoms with van der Waals surface area (Å²) in [6.45, 7) is 3.70. The van der Waals surface area contributed by atoms with Crippen molar-refractivity contribution in [3.8, 4) is 0 Å². The van der Waals surface area contributed by atoms with Gasteiger partial charge in [0.2, 0.25) is 0 Å². The molecule has 1 heterocycles. The Labute approximate surface area is 93.9 Å². The van der Waals surface area contributed by atoms with Crippen LogP contribution in [0.25, 0.3) is 0 Å². The summed E-state index contributed by atoms with van der Waals surface area (Å²) in [6, 6.07) is 0. The van der Waals surface area contributed by atoms with E-state index in [1.807, 2.05) is 13.8 Å². The minimum atomic E-state index is -0.781. The first-order chi connectivity index (χ1) is 6.97. The fourth-order valence-corrected chi connectivity index (χ4v) is 1.81. The molecule has 0 spiro atoms. The van der Waals surface area contributed by atoms with Crippen LogP contribution in [-0.4, -0.2) is 20.9 Å². The van der Waals surface area contributed by atoms with Crippen LogP contribution in [0.2, 0.25) is 5.15 Å². The first-order valence-corrected chi connectivity index (χ1v) is 5.25. The highest BCUT2D eigenvalue weighted by atomic mass is 35.5. The second kappa shape index (κ2) is 4.66. The van der Waals surface area contributed by atoms with Crippen LogP contribution in [0.5, 0.6) is 0 Å². The fourth-order valence-electron chi connectivity index (χ4n) is 1.56. The molecule has 0 aliphatic heterocycles. The van der Waals surface area contributed by atoms with Gasteiger partial charge in [-0.25, -0.2) is 0 Å². The molecular formula is C10H15ClN2O2. The Kier molecular flexibility index (Phi) is 3.74. The molecule has 4 nitrogen and oxygen atoms in total. The molecule has 15 heavy (non-hydrogen) atoms. The summed E-state index contributed by atoms with van der Waals surface area (Å²) in [7, 11) is 1.75. The van der Waals surface area contributed by atoms with Crippen molar-refractivity contribution in [1.29, 1.82) is 0 Å². The summed E-state index contributed by atoms with van der Waals surface area (Å²) < 4.78 is 1.57. The Hall–Kier alpha value is -1.03. The molecule has 0 saturated heterocycles. The summed E-state index contributed by atoms with van der Waals surface area (Å²) in [6.07, 6.45) is 1.05. The van der Waals surface area contributed by atoms with Gasteiger partial charge in [-0.1, -0.05) is 18.5 Å². The van der Waals surface area contributed by atoms with E-state index >= 15 is 0 Å². The van der Waals surface area contributed by atoms with E-state index in [0.717, 1.165) is 11.3 Å². The van der Waals surface area contributed by atoms with E-state index in [1.54, 1.807) is 11.7 Å². The number of aliphatic carboxylic acids is 1. The van der Waals surface area contributed by atoms with Crippen molar-refractivity contribution in [1.82, 2.24) is 9.78 Å². The lowest BCUT2D eigenvalue weighted by Crippen LogP contribution is -2.15. The molecule has 0 saturated carbocycles. The predicted octanol–water partition coefficient (Wildman–Crippen LogP) is 2.04. The van der Waals surface area contributed by atoms with E-state index in [9.17, 15) is 4.79 Å². The zero-order valence-electron chi connectivity index (χ0n) is 9.12. The zero-order chi connectivity index (χ0) is 11.6. The number of hydrogen-bond acceptors (Lipinski definition) is 2. The van der Waals surface area contributed by atoms with E-state index in [1.165, 1.54) is 0 Å². The Morgan fingerprint density at radius 1 is 1.67 bits per heavy atom. The second-order valence-electron chi connectivity index (χ2n) is 3.63. The molecule has 0 radical (unpaired) electrons. The van der Waals surface area contributed by atoms with Crippen LogP contribution in [-0.2, 0) is 18.3 Å². The molecule has 1 N–H and O–H groups in total. The number of nitrogens with zero attached hydrogens (tertiary/aromatic N) is 2. The van der Waals surface area contributed by atoms with Gasteiger partial charge < -0.3 is 5.11 Å². The maximum absolute atomic E-state index is 10.9. The van der Waals surface area contributed by atoms with Gasteiger partial charge in [-0.15, -0.1) is 0 Å². The number of carboxylic acids is 1. The molecule has 0 fully saturated rings. The van der Waals surface area contributed by atoms with E-state index < -0.39 is 5.97 Å². The maximum atomic E-state index is 10.9. The molecule has 0 amide bonds. The van der Waals surface area contributed by atoms with Gasteiger partial charge in [-0.05, 0) is 19.8 Å². The number of carboxylic acid groups (broad SMARTS) is 1. The summed E-state index contributed by atoms with van der Waals surface area (Å²) in [4.78, 5) is 10.9. The molecule has 0 aliphatic carbocycles. The largest absolute Gasteiger partial charge is 0.481 e. The highest BCUT2D eigenvalue weighted by Gasteiger charge is 2.20. The maximum Gasteiger partial charge on any atom is 0.306 e. The van der Waals surface area contributed by atoms with Crippen molar-refractivity contribution in [3.63, 3.8) is 0 Å². The number of carbonyl (C=O) groups is 1. The minimum Gasteiger partial charge on any atom is -0.481 e. The van der Waals surface area contributed by atoms with Gasteiger partial charge in [0, 0.05) is 12.6 Å². The number of hydrogen-bond donors (Lipinski definition) is 1. The third-order valence-corrected chi connectivity index (χ3v) is 3.04. The van der Waals surface area contributed by atoms with Crippen molar-refractivity contribution in [2.24, 2.45) is 13.0 Å². The Balaban J connectivity index is 2.92. The quantitative estimate of drug-likeness (QED) is 0.861. The van der Waals surface area contributed by atoms with Crippen LogP contribution in [0.1, 0.15) is 24.6 Å². The summed E-state index contributed by atoms with van der Waals surface area (Å²) >= 11 is 6.03. The van der Waals surface area contributed by atoms with Crippen LogP contribution in [0.15, 0.2) is 0 Å². The lowest BCUT2D eigenvalue weighted by Gasteiger charge is -2.08. The third kappa shape index (κ3) is 2.50. The van der Waals surface area contributed by atoms with Gasteiger partial charge in [0.1, 0.15) is 5.15 Å². The van der Waals surface area contributed by atoms with Crippen molar-refractivity contribution < 1.29 is 9.90 Å². The minimum absolute atomic E-state index is 0.384. The van der Waals surface area contributed by atoms with Gasteiger partial charge in [0.25, 0.3) is 0 Å². The van der Waals surface area contributed by atoms with E-state index in [4.69, 9.17) is 16.7 Å². The standard InChI is InChI=1S/C10H15ClN2O2/c1-4-7(10(14)15)5-8-6(2)12-13(3)9(8)11/h7H,4-5H2,1-3H3,(H,14,15). The summed E-state index contributed by atoms with van der Waals surface area (Å²) in [5.41, 5.74) is 1.65. The average Bonchev–Trinajstić information content (AvgIpc) is 2.39. The summed E-state index contributed by atoms with van der Waals surface area (Å²) in [5.74, 6) is -1.16. The lowest BCUT2D eigenvalue weighted by molar-refractivity contribution is -0.141. The van der Waals surface area contributed by atoms with Gasteiger partial charge in [0.15, 0.2) is 0 Å². The molecule has 1 rings (SSSR count). The SMILES string of the molecule is CCC(Cc1c(C)nn(C)c1Cl)C(=O)O. The van der Waals surface area contributed by atoms with Gasteiger partial charge in [-0.3, -0.25) is 9.48 Å². The van der Waals surface area contributed by atoms with Crippen LogP contribution in [0, 0.1) is 12.8 Å². The molecule has 0 bridgehead atoms. The van der Waals surface area contributed by atoms with Gasteiger partial charge in [0.05, 0.1) is 11.6 Å². The zero-order valence-corrected chi connectivity index (χ0v) is 9.88. The van der Waals surface area contributed by atoms with Crippen LogP contribution < -0.4 is 0 Å². The Morgan fingerprint density at radius 2 is 2.27 bits per heavy atom. The Bertz CT molecular complexity index is 374. The first kappa shape index (κ1) is 12.0. The topological polar surface area (TPSA) is 55.1 Å². The molecule has 5 heteroatoms. The van der Waals surface area contributed by atoms with Crippen LogP contribution in [0.4, 0.5) is 0 Å². The summed E-state index contributed by atoms with van der Waals surface area (Å²) in [5, 5.41) is 13.6. The monoisotopic (exact) mass is 230 g/mol. The predicted molar refractivity (Wildman–Crippen MR) is 58.1 cm³/mol. The van der Waals surface area contributed by atoms with Crippen molar-refractivity contribution in [3.05, 3.63) is 16.4 Å². The molecule has 0 aliphatic rings. The fraction of sp³-hybridized carbons (Fsp3) is 0.600. The number of rotatable bonds is 4. The first-order valence-electron chi connectivity index (χ1n) is 4.88. The van der Waals surface area contributed by atoms with Gasteiger partial charge >= 0.3 is 5.97 Å². The number of halogens is 1. The lowest BCUT2D eigenvalue weighted by atomic mass is 9.98. The van der Waals surface area contributed by atoms with Gasteiger partial charge in [-0.2, -0.15) is 5.10 Å². The molecule has 84 valence electrons. The van der Waals surface area contributed by atoms with Crippen LogP contribution in [0.3, 0.4) is 0 Å². The highest BCUT2D eigenvalue weighted by Crippen LogP contribution is 2.23. The molecule has 1 unspecified atom stereocenters. The van der Waals surface area contributed by atoms with E-state index in [-0.39, 0.29) is 5.92 Å². The average molecular weight is 231 g/mol. The Morgan fingerprint density at radius 3 is 2.60 bits per heavy atom. The van der Waals surface area contributed by atoms with E-state index in [2.05, 4.69) is 5.10 Å². The van der Waals surface area contributed by atoms with E-state index in [0.29, 0.717) is 18.0 Å². The molecule has 1 atom stereocenters. The smallest absolute Gasteiger partial charge is 0.306 e. The van der Waals surface area contributed by atoms with Crippen molar-refractivity contribution in [2.45, 2.75) is 26.7 Å². The molecular weight excluding hydrogens is 216 g/mol. The second-order valence-corrected chi connectivity index (χ2v) is 3.98. The molecule has 1 aromatic heterocycles.